The Morgan fingerprint density at radius 1 is 1.30 bits per heavy atom. The second-order valence-electron chi connectivity index (χ2n) is 2.03. The van der Waals surface area contributed by atoms with Crippen molar-refractivity contribution in [1.82, 2.24) is 0 Å². The molecule has 54 valence electrons. The fraction of sp³-hybridized carbons (Fsp3) is 0.143. The van der Waals surface area contributed by atoms with Crippen LogP contribution < -0.4 is 4.52 Å². The van der Waals surface area contributed by atoms with Crippen molar-refractivity contribution in [2.75, 3.05) is 0 Å². The van der Waals surface area contributed by atoms with E-state index < -0.39 is 0 Å². The Morgan fingerprint density at radius 3 is 2.40 bits per heavy atom. The van der Waals surface area contributed by atoms with Gasteiger partial charge in [0.2, 0.25) is 0 Å². The number of aryl methyl sites for hydroxylation is 1. The van der Waals surface area contributed by atoms with E-state index in [4.69, 9.17) is 4.52 Å². The summed E-state index contributed by atoms with van der Waals surface area (Å²) in [5, 5.41) is 0. The van der Waals surface area contributed by atoms with Crippen LogP contribution in [0.5, 0.6) is 5.75 Å². The topological polar surface area (TPSA) is 9.23 Å². The van der Waals surface area contributed by atoms with Gasteiger partial charge in [0.1, 0.15) is 5.75 Å². The molecule has 1 aromatic carbocycles. The molecule has 2 atom stereocenters. The molecule has 0 aliphatic heterocycles. The Hall–Kier alpha value is -0.120. The van der Waals surface area contributed by atoms with Crippen LogP contribution in [-0.4, -0.2) is 0 Å². The lowest BCUT2D eigenvalue weighted by Gasteiger charge is -2.00. The van der Waals surface area contributed by atoms with Crippen molar-refractivity contribution >= 4 is 17.4 Å². The van der Waals surface area contributed by atoms with E-state index in [0.29, 0.717) is 8.50 Å². The van der Waals surface area contributed by atoms with Crippen LogP contribution in [0.1, 0.15) is 5.56 Å². The van der Waals surface area contributed by atoms with Gasteiger partial charge >= 0.3 is 0 Å². The first kappa shape index (κ1) is 7.98. The summed E-state index contributed by atoms with van der Waals surface area (Å²) in [6, 6.07) is 8.04. The molecule has 0 amide bonds. The molecule has 10 heavy (non-hydrogen) atoms. The van der Waals surface area contributed by atoms with Crippen LogP contribution in [0.25, 0.3) is 0 Å². The molecule has 0 fully saturated rings. The van der Waals surface area contributed by atoms with Crippen LogP contribution in [0.3, 0.4) is 0 Å². The van der Waals surface area contributed by atoms with E-state index in [0.717, 1.165) is 5.75 Å². The zero-order chi connectivity index (χ0) is 7.40. The van der Waals surface area contributed by atoms with Crippen LogP contribution in [0.2, 0.25) is 0 Å². The largest absolute Gasteiger partial charge is 0.473 e. The summed E-state index contributed by atoms with van der Waals surface area (Å²) >= 11 is 0. The molecule has 3 heteroatoms. The van der Waals surface area contributed by atoms with E-state index in [-0.39, 0.29) is 0 Å². The van der Waals surface area contributed by atoms with Crippen molar-refractivity contribution in [3.63, 3.8) is 0 Å². The summed E-state index contributed by atoms with van der Waals surface area (Å²) in [7, 11) is 2.99. The first-order chi connectivity index (χ1) is 4.83. The fourth-order valence-corrected chi connectivity index (χ4v) is 1.35. The molecule has 0 spiro atoms. The zero-order valence-electron chi connectivity index (χ0n) is 5.79. The molecule has 0 saturated heterocycles. The van der Waals surface area contributed by atoms with Crippen molar-refractivity contribution in [3.05, 3.63) is 29.8 Å². The predicted octanol–water partition coefficient (Wildman–Crippen LogP) is 2.76. The molecule has 0 radical (unpaired) electrons. The second kappa shape index (κ2) is 3.91. The molecule has 1 rings (SSSR count). The average molecular weight is 172 g/mol. The maximum atomic E-state index is 5.25. The number of hydrogen-bond acceptors (Lipinski definition) is 1. The fourth-order valence-electron chi connectivity index (χ4n) is 0.674. The Morgan fingerprint density at radius 2 is 1.90 bits per heavy atom. The molecule has 2 unspecified atom stereocenters. The van der Waals surface area contributed by atoms with Gasteiger partial charge in [-0.3, -0.25) is 0 Å². The maximum Gasteiger partial charge on any atom is 0.123 e. The standard InChI is InChI=1S/C7H10OP2/c1-6-2-4-7(5-3-6)8-10-9/h2-5,10H,9H2,1H3. The van der Waals surface area contributed by atoms with Crippen LogP contribution in [0.4, 0.5) is 0 Å². The smallest absolute Gasteiger partial charge is 0.123 e. The molecular weight excluding hydrogens is 162 g/mol. The van der Waals surface area contributed by atoms with Gasteiger partial charge in [0.05, 0.1) is 8.50 Å². The number of hydrogen-bond donors (Lipinski definition) is 0. The van der Waals surface area contributed by atoms with Gasteiger partial charge in [0, 0.05) is 0 Å². The van der Waals surface area contributed by atoms with Crippen molar-refractivity contribution in [2.24, 2.45) is 0 Å². The van der Waals surface area contributed by atoms with E-state index in [9.17, 15) is 0 Å². The van der Waals surface area contributed by atoms with Crippen LogP contribution >= 0.6 is 17.4 Å². The monoisotopic (exact) mass is 172 g/mol. The minimum absolute atomic E-state index is 0.449. The van der Waals surface area contributed by atoms with Gasteiger partial charge in [-0.25, -0.2) is 0 Å². The summed E-state index contributed by atoms with van der Waals surface area (Å²) in [5.41, 5.74) is 1.26. The second-order valence-corrected chi connectivity index (χ2v) is 3.18. The lowest BCUT2D eigenvalue weighted by molar-refractivity contribution is 0.642. The Balaban J connectivity index is 2.69. The normalized spacial score (nSPS) is 10.6. The van der Waals surface area contributed by atoms with Gasteiger partial charge in [-0.1, -0.05) is 26.6 Å². The molecule has 0 aromatic heterocycles. The summed E-state index contributed by atoms with van der Waals surface area (Å²) in [6.07, 6.45) is 0. The first-order valence-electron chi connectivity index (χ1n) is 3.02. The molecule has 0 aliphatic rings. The lowest BCUT2D eigenvalue weighted by Crippen LogP contribution is -1.74. The molecule has 0 N–H and O–H groups in total. The van der Waals surface area contributed by atoms with Gasteiger partial charge in [-0.15, -0.1) is 0 Å². The third kappa shape index (κ3) is 2.25. The quantitative estimate of drug-likeness (QED) is 0.623. The number of benzene rings is 1. The van der Waals surface area contributed by atoms with Gasteiger partial charge in [0.15, 0.2) is 0 Å². The van der Waals surface area contributed by atoms with Crippen LogP contribution in [-0.2, 0) is 0 Å². The lowest BCUT2D eigenvalue weighted by atomic mass is 10.2. The van der Waals surface area contributed by atoms with E-state index in [2.05, 4.69) is 15.9 Å². The predicted molar refractivity (Wildman–Crippen MR) is 49.8 cm³/mol. The minimum Gasteiger partial charge on any atom is -0.473 e. The molecular formula is C7H10OP2. The summed E-state index contributed by atoms with van der Waals surface area (Å²) in [5.74, 6) is 0.943. The Kier molecular flexibility index (Phi) is 3.12. The highest BCUT2D eigenvalue weighted by Gasteiger charge is 1.88. The van der Waals surface area contributed by atoms with Gasteiger partial charge < -0.3 is 4.52 Å². The summed E-state index contributed by atoms with van der Waals surface area (Å²) in [6.45, 7) is 2.06. The van der Waals surface area contributed by atoms with E-state index in [1.165, 1.54) is 5.56 Å². The maximum absolute atomic E-state index is 5.25. The van der Waals surface area contributed by atoms with Crippen molar-refractivity contribution in [1.29, 1.82) is 0 Å². The highest BCUT2D eigenvalue weighted by atomic mass is 32.0. The van der Waals surface area contributed by atoms with Crippen molar-refractivity contribution in [3.8, 4) is 5.75 Å². The molecule has 1 aromatic rings. The molecule has 0 heterocycles. The summed E-state index contributed by atoms with van der Waals surface area (Å²) < 4.78 is 5.25. The van der Waals surface area contributed by atoms with Crippen molar-refractivity contribution in [2.45, 2.75) is 6.92 Å². The first-order valence-corrected chi connectivity index (χ1v) is 5.74. The van der Waals surface area contributed by atoms with Crippen LogP contribution in [0, 0.1) is 6.92 Å². The highest BCUT2D eigenvalue weighted by molar-refractivity contribution is 8.00. The molecule has 0 aliphatic carbocycles. The molecule has 0 bridgehead atoms. The van der Waals surface area contributed by atoms with E-state index in [1.54, 1.807) is 0 Å². The Labute approximate surface area is 65.1 Å². The van der Waals surface area contributed by atoms with Gasteiger partial charge in [-0.05, 0) is 19.1 Å². The third-order valence-electron chi connectivity index (χ3n) is 1.20. The van der Waals surface area contributed by atoms with E-state index >= 15 is 0 Å². The Bertz CT molecular complexity index is 195. The third-order valence-corrected chi connectivity index (χ3v) is 1.90. The average Bonchev–Trinajstić information content (AvgIpc) is 1.95. The highest BCUT2D eigenvalue weighted by Crippen LogP contribution is 2.25. The van der Waals surface area contributed by atoms with Gasteiger partial charge in [0.25, 0.3) is 0 Å². The SMILES string of the molecule is Cc1ccc(OPP)cc1. The van der Waals surface area contributed by atoms with E-state index in [1.807, 2.05) is 24.3 Å². The summed E-state index contributed by atoms with van der Waals surface area (Å²) in [4.78, 5) is 0. The minimum atomic E-state index is 0.449. The van der Waals surface area contributed by atoms with Gasteiger partial charge in [-0.2, -0.15) is 0 Å². The molecule has 0 saturated carbocycles. The van der Waals surface area contributed by atoms with Crippen LogP contribution in [0.15, 0.2) is 24.3 Å². The number of rotatable bonds is 2. The zero-order valence-corrected chi connectivity index (χ0v) is 7.95. The molecule has 1 nitrogen and oxygen atoms in total. The van der Waals surface area contributed by atoms with Crippen molar-refractivity contribution < 1.29 is 4.52 Å².